The molecule has 0 aromatic heterocycles. The van der Waals surface area contributed by atoms with Crippen LogP contribution in [-0.2, 0) is 10.2 Å². The highest BCUT2D eigenvalue weighted by atomic mass is 35.5. The summed E-state index contributed by atoms with van der Waals surface area (Å²) in [6.07, 6.45) is 0.503. The van der Waals surface area contributed by atoms with Crippen molar-refractivity contribution in [2.45, 2.75) is 18.8 Å². The highest BCUT2D eigenvalue weighted by Gasteiger charge is 2.36. The zero-order valence-electron chi connectivity index (χ0n) is 9.46. The van der Waals surface area contributed by atoms with Crippen molar-refractivity contribution in [2.75, 3.05) is 13.6 Å². The monoisotopic (exact) mass is 241 g/mol. The van der Waals surface area contributed by atoms with Crippen molar-refractivity contribution in [1.29, 1.82) is 0 Å². The van der Waals surface area contributed by atoms with Gasteiger partial charge >= 0.3 is 5.97 Å². The average molecular weight is 242 g/mol. The molecule has 0 aliphatic rings. The minimum Gasteiger partial charge on any atom is -0.481 e. The number of rotatable bonds is 5. The van der Waals surface area contributed by atoms with E-state index in [9.17, 15) is 9.90 Å². The first-order valence-electron chi connectivity index (χ1n) is 5.15. The second kappa shape index (κ2) is 5.32. The normalized spacial score (nSPS) is 14.4. The molecule has 0 fully saturated rings. The molecule has 0 radical (unpaired) electrons. The molecular weight excluding hydrogens is 226 g/mol. The van der Waals surface area contributed by atoms with Crippen molar-refractivity contribution in [1.82, 2.24) is 5.32 Å². The molecule has 1 unspecified atom stereocenters. The van der Waals surface area contributed by atoms with E-state index >= 15 is 0 Å². The van der Waals surface area contributed by atoms with Gasteiger partial charge in [0.05, 0.1) is 5.41 Å². The number of carboxylic acids is 1. The fourth-order valence-corrected chi connectivity index (χ4v) is 1.98. The molecule has 1 rings (SSSR count). The van der Waals surface area contributed by atoms with Gasteiger partial charge in [0, 0.05) is 5.02 Å². The predicted molar refractivity (Wildman–Crippen MR) is 65.0 cm³/mol. The summed E-state index contributed by atoms with van der Waals surface area (Å²) in [5.74, 6) is -0.851. The topological polar surface area (TPSA) is 49.3 Å². The summed E-state index contributed by atoms with van der Waals surface area (Å²) in [6, 6.07) is 7.09. The van der Waals surface area contributed by atoms with Crippen molar-refractivity contribution in [3.8, 4) is 0 Å². The van der Waals surface area contributed by atoms with Gasteiger partial charge in [-0.1, -0.05) is 29.8 Å². The van der Waals surface area contributed by atoms with E-state index in [2.05, 4.69) is 5.32 Å². The van der Waals surface area contributed by atoms with Crippen molar-refractivity contribution in [3.63, 3.8) is 0 Å². The number of benzene rings is 1. The molecule has 2 N–H and O–H groups in total. The molecule has 4 heteroatoms. The zero-order chi connectivity index (χ0) is 12.2. The number of hydrogen-bond acceptors (Lipinski definition) is 2. The Labute approximate surface area is 100 Å². The molecule has 0 saturated heterocycles. The maximum Gasteiger partial charge on any atom is 0.313 e. The summed E-state index contributed by atoms with van der Waals surface area (Å²) >= 11 is 6.05. The van der Waals surface area contributed by atoms with E-state index in [1.807, 2.05) is 6.07 Å². The zero-order valence-corrected chi connectivity index (χ0v) is 10.2. The quantitative estimate of drug-likeness (QED) is 0.832. The van der Waals surface area contributed by atoms with Crippen LogP contribution in [0.1, 0.15) is 18.9 Å². The van der Waals surface area contributed by atoms with E-state index in [0.29, 0.717) is 23.6 Å². The Morgan fingerprint density at radius 2 is 2.12 bits per heavy atom. The number of carbonyl (C=O) groups is 1. The van der Waals surface area contributed by atoms with Gasteiger partial charge in [-0.05, 0) is 38.6 Å². The second-order valence-corrected chi connectivity index (χ2v) is 4.38. The summed E-state index contributed by atoms with van der Waals surface area (Å²) in [6.45, 7) is 2.34. The van der Waals surface area contributed by atoms with Gasteiger partial charge in [-0.25, -0.2) is 0 Å². The molecular formula is C12H16ClNO2. The van der Waals surface area contributed by atoms with Gasteiger partial charge in [0.2, 0.25) is 0 Å². The Kier molecular flexibility index (Phi) is 4.33. The van der Waals surface area contributed by atoms with Gasteiger partial charge in [-0.2, -0.15) is 0 Å². The van der Waals surface area contributed by atoms with E-state index in [4.69, 9.17) is 11.6 Å². The first-order chi connectivity index (χ1) is 7.52. The van der Waals surface area contributed by atoms with Crippen LogP contribution in [0.3, 0.4) is 0 Å². The lowest BCUT2D eigenvalue weighted by Crippen LogP contribution is -2.35. The van der Waals surface area contributed by atoms with E-state index < -0.39 is 11.4 Å². The molecule has 88 valence electrons. The van der Waals surface area contributed by atoms with Gasteiger partial charge in [-0.15, -0.1) is 0 Å². The number of nitrogens with one attached hydrogen (secondary N) is 1. The van der Waals surface area contributed by atoms with Crippen molar-refractivity contribution in [2.24, 2.45) is 0 Å². The molecule has 3 nitrogen and oxygen atoms in total. The molecule has 1 aromatic rings. The largest absolute Gasteiger partial charge is 0.481 e. The maximum atomic E-state index is 11.4. The number of halogens is 1. The summed E-state index contributed by atoms with van der Waals surface area (Å²) in [5, 5.41) is 12.8. The van der Waals surface area contributed by atoms with Crippen LogP contribution >= 0.6 is 11.6 Å². The third-order valence-corrected chi connectivity index (χ3v) is 3.14. The Morgan fingerprint density at radius 3 is 2.62 bits per heavy atom. The molecule has 0 spiro atoms. The number of aliphatic carboxylic acids is 1. The van der Waals surface area contributed by atoms with E-state index in [1.165, 1.54) is 0 Å². The SMILES string of the molecule is CNCCC(C)(C(=O)O)c1ccccc1Cl. The summed E-state index contributed by atoms with van der Waals surface area (Å²) in [5.41, 5.74) is -0.277. The molecule has 0 heterocycles. The Morgan fingerprint density at radius 1 is 1.50 bits per heavy atom. The standard InChI is InChI=1S/C12H16ClNO2/c1-12(11(15)16,7-8-14-2)9-5-3-4-6-10(9)13/h3-6,14H,7-8H2,1-2H3,(H,15,16). The molecule has 0 aliphatic carbocycles. The summed E-state index contributed by atoms with van der Waals surface area (Å²) in [4.78, 5) is 11.4. The highest BCUT2D eigenvalue weighted by Crippen LogP contribution is 2.32. The molecule has 0 amide bonds. The lowest BCUT2D eigenvalue weighted by atomic mass is 9.79. The average Bonchev–Trinajstić information content (AvgIpc) is 2.26. The summed E-state index contributed by atoms with van der Waals surface area (Å²) in [7, 11) is 1.80. The van der Waals surface area contributed by atoms with Crippen LogP contribution in [-0.4, -0.2) is 24.7 Å². The van der Waals surface area contributed by atoms with Gasteiger partial charge in [-0.3, -0.25) is 4.79 Å². The lowest BCUT2D eigenvalue weighted by molar-refractivity contribution is -0.143. The van der Waals surface area contributed by atoms with Crippen molar-refractivity contribution >= 4 is 17.6 Å². The predicted octanol–water partition coefficient (Wildman–Crippen LogP) is 2.29. The van der Waals surface area contributed by atoms with Crippen molar-refractivity contribution < 1.29 is 9.90 Å². The fraction of sp³-hybridized carbons (Fsp3) is 0.417. The smallest absolute Gasteiger partial charge is 0.313 e. The molecule has 0 aliphatic heterocycles. The minimum absolute atomic E-state index is 0.503. The van der Waals surface area contributed by atoms with Crippen LogP contribution in [0.15, 0.2) is 24.3 Å². The summed E-state index contributed by atoms with van der Waals surface area (Å²) < 4.78 is 0. The first-order valence-corrected chi connectivity index (χ1v) is 5.53. The van der Waals surface area contributed by atoms with Crippen LogP contribution in [0.25, 0.3) is 0 Å². The molecule has 0 bridgehead atoms. The fourth-order valence-electron chi connectivity index (χ4n) is 1.64. The molecule has 1 aromatic carbocycles. The third kappa shape index (κ3) is 2.54. The van der Waals surface area contributed by atoms with Gasteiger partial charge < -0.3 is 10.4 Å². The molecule has 16 heavy (non-hydrogen) atoms. The van der Waals surface area contributed by atoms with E-state index in [-0.39, 0.29) is 0 Å². The van der Waals surface area contributed by atoms with E-state index in [1.54, 1.807) is 32.2 Å². The Balaban J connectivity index is 3.11. The lowest BCUT2D eigenvalue weighted by Gasteiger charge is -2.26. The maximum absolute atomic E-state index is 11.4. The second-order valence-electron chi connectivity index (χ2n) is 3.97. The van der Waals surface area contributed by atoms with Crippen LogP contribution < -0.4 is 5.32 Å². The van der Waals surface area contributed by atoms with Gasteiger partial charge in [0.25, 0.3) is 0 Å². The van der Waals surface area contributed by atoms with Crippen LogP contribution in [0.4, 0.5) is 0 Å². The Bertz CT molecular complexity index is 381. The Hall–Kier alpha value is -1.06. The van der Waals surface area contributed by atoms with Crippen LogP contribution in [0.5, 0.6) is 0 Å². The minimum atomic E-state index is -0.943. The molecule has 1 atom stereocenters. The van der Waals surface area contributed by atoms with Crippen LogP contribution in [0.2, 0.25) is 5.02 Å². The van der Waals surface area contributed by atoms with Gasteiger partial charge in [0.1, 0.15) is 0 Å². The van der Waals surface area contributed by atoms with Crippen LogP contribution in [0, 0.1) is 0 Å². The number of hydrogen-bond donors (Lipinski definition) is 2. The van der Waals surface area contributed by atoms with E-state index in [0.717, 1.165) is 0 Å². The highest BCUT2D eigenvalue weighted by molar-refractivity contribution is 6.31. The van der Waals surface area contributed by atoms with Crippen molar-refractivity contribution in [3.05, 3.63) is 34.9 Å². The van der Waals surface area contributed by atoms with Gasteiger partial charge in [0.15, 0.2) is 0 Å². The molecule has 0 saturated carbocycles. The first kappa shape index (κ1) is 13.0. The number of carboxylic acid groups (broad SMARTS) is 1. The third-order valence-electron chi connectivity index (χ3n) is 2.82.